The molecule has 5 nitrogen and oxygen atoms in total. The van der Waals surface area contributed by atoms with Crippen LogP contribution in [0.25, 0.3) is 0 Å². The molecule has 2 aromatic heterocycles. The fourth-order valence-electron chi connectivity index (χ4n) is 2.70. The molecule has 2 N–H and O–H groups in total. The first-order chi connectivity index (χ1) is 10.2. The second-order valence-corrected chi connectivity index (χ2v) is 5.61. The standard InChI is InChI=1S/C16H21N5.ClH/c1-11-5-7-18-15(8-11)21-16-9-14(19-12(2)20-16)13-4-3-6-17-10-13;/h5,7-9,13,17H,3-4,6,10H2,1-2H3,(H,18,19,20,21);1H. The van der Waals surface area contributed by atoms with Crippen LogP contribution in [-0.2, 0) is 0 Å². The Bertz CT molecular complexity index is 626. The monoisotopic (exact) mass is 319 g/mol. The van der Waals surface area contributed by atoms with Crippen molar-refractivity contribution in [2.45, 2.75) is 32.6 Å². The molecule has 3 rings (SSSR count). The number of aromatic nitrogens is 3. The number of hydrogen-bond donors (Lipinski definition) is 2. The molecule has 1 fully saturated rings. The van der Waals surface area contributed by atoms with Gasteiger partial charge in [-0.1, -0.05) is 0 Å². The fourth-order valence-corrected chi connectivity index (χ4v) is 2.70. The van der Waals surface area contributed by atoms with E-state index in [1.165, 1.54) is 18.4 Å². The van der Waals surface area contributed by atoms with Gasteiger partial charge < -0.3 is 10.6 Å². The van der Waals surface area contributed by atoms with Gasteiger partial charge >= 0.3 is 0 Å². The highest BCUT2D eigenvalue weighted by molar-refractivity contribution is 5.85. The summed E-state index contributed by atoms with van der Waals surface area (Å²) in [4.78, 5) is 13.4. The summed E-state index contributed by atoms with van der Waals surface area (Å²) in [7, 11) is 0. The molecule has 2 aromatic rings. The zero-order valence-corrected chi connectivity index (χ0v) is 13.8. The molecular formula is C16H22ClN5. The van der Waals surface area contributed by atoms with Gasteiger partial charge in [-0.25, -0.2) is 15.0 Å². The van der Waals surface area contributed by atoms with E-state index in [9.17, 15) is 0 Å². The number of piperidine rings is 1. The minimum atomic E-state index is 0. The highest BCUT2D eigenvalue weighted by Crippen LogP contribution is 2.24. The molecular weight excluding hydrogens is 298 g/mol. The van der Waals surface area contributed by atoms with Gasteiger partial charge in [-0.15, -0.1) is 12.4 Å². The van der Waals surface area contributed by atoms with Gasteiger partial charge in [0.1, 0.15) is 17.5 Å². The SMILES string of the molecule is Cc1ccnc(Nc2cc(C3CCCNC3)nc(C)n2)c1.Cl. The Morgan fingerprint density at radius 2 is 2.05 bits per heavy atom. The smallest absolute Gasteiger partial charge is 0.135 e. The van der Waals surface area contributed by atoms with E-state index in [-0.39, 0.29) is 12.4 Å². The van der Waals surface area contributed by atoms with Gasteiger partial charge in [-0.3, -0.25) is 0 Å². The van der Waals surface area contributed by atoms with E-state index in [0.29, 0.717) is 5.92 Å². The highest BCUT2D eigenvalue weighted by Gasteiger charge is 2.17. The van der Waals surface area contributed by atoms with E-state index in [2.05, 4.69) is 38.6 Å². The van der Waals surface area contributed by atoms with Crippen LogP contribution in [0.5, 0.6) is 0 Å². The lowest BCUT2D eigenvalue weighted by molar-refractivity contribution is 0.453. The number of nitrogens with one attached hydrogen (secondary N) is 2. The van der Waals surface area contributed by atoms with Crippen molar-refractivity contribution in [1.29, 1.82) is 0 Å². The van der Waals surface area contributed by atoms with Crippen LogP contribution >= 0.6 is 12.4 Å². The number of pyridine rings is 1. The van der Waals surface area contributed by atoms with Gasteiger partial charge in [-0.2, -0.15) is 0 Å². The largest absolute Gasteiger partial charge is 0.325 e. The number of anilines is 2. The lowest BCUT2D eigenvalue weighted by Crippen LogP contribution is -2.29. The van der Waals surface area contributed by atoms with E-state index in [1.807, 2.05) is 19.1 Å². The summed E-state index contributed by atoms with van der Waals surface area (Å²) in [6.07, 6.45) is 4.19. The summed E-state index contributed by atoms with van der Waals surface area (Å²) in [6.45, 7) is 6.10. The minimum absolute atomic E-state index is 0. The number of halogens is 1. The van der Waals surface area contributed by atoms with Gasteiger partial charge in [-0.05, 0) is 50.9 Å². The summed E-state index contributed by atoms with van der Waals surface area (Å²) >= 11 is 0. The van der Waals surface area contributed by atoms with Gasteiger partial charge in [0.05, 0.1) is 5.69 Å². The Kier molecular flexibility index (Phi) is 5.69. The maximum Gasteiger partial charge on any atom is 0.135 e. The maximum absolute atomic E-state index is 4.61. The summed E-state index contributed by atoms with van der Waals surface area (Å²) < 4.78 is 0. The minimum Gasteiger partial charge on any atom is -0.325 e. The molecule has 0 aromatic carbocycles. The third-order valence-corrected chi connectivity index (χ3v) is 3.74. The van der Waals surface area contributed by atoms with Crippen LogP contribution < -0.4 is 10.6 Å². The van der Waals surface area contributed by atoms with Crippen molar-refractivity contribution in [2.24, 2.45) is 0 Å². The highest BCUT2D eigenvalue weighted by atomic mass is 35.5. The number of nitrogens with zero attached hydrogens (tertiary/aromatic N) is 3. The molecule has 118 valence electrons. The topological polar surface area (TPSA) is 62.7 Å². The first-order valence-corrected chi connectivity index (χ1v) is 7.47. The van der Waals surface area contributed by atoms with Crippen molar-refractivity contribution in [3.63, 3.8) is 0 Å². The van der Waals surface area contributed by atoms with Gasteiger partial charge in [0.15, 0.2) is 0 Å². The van der Waals surface area contributed by atoms with E-state index >= 15 is 0 Å². The molecule has 1 aliphatic rings. The normalized spacial score (nSPS) is 17.6. The van der Waals surface area contributed by atoms with E-state index < -0.39 is 0 Å². The number of hydrogen-bond acceptors (Lipinski definition) is 5. The van der Waals surface area contributed by atoms with Crippen molar-refractivity contribution < 1.29 is 0 Å². The summed E-state index contributed by atoms with van der Waals surface area (Å²) in [5.74, 6) is 2.92. The molecule has 0 spiro atoms. The Morgan fingerprint density at radius 1 is 1.18 bits per heavy atom. The Morgan fingerprint density at radius 3 is 2.77 bits per heavy atom. The van der Waals surface area contributed by atoms with Crippen LogP contribution in [0.15, 0.2) is 24.4 Å². The fraction of sp³-hybridized carbons (Fsp3) is 0.438. The average Bonchev–Trinajstić information content (AvgIpc) is 2.47. The molecule has 1 atom stereocenters. The van der Waals surface area contributed by atoms with Crippen LogP contribution in [0, 0.1) is 13.8 Å². The molecule has 0 aliphatic carbocycles. The molecule has 0 amide bonds. The van der Waals surface area contributed by atoms with E-state index in [4.69, 9.17) is 0 Å². The Balaban J connectivity index is 0.00000176. The molecule has 1 aliphatic heterocycles. The van der Waals surface area contributed by atoms with Crippen molar-refractivity contribution in [3.05, 3.63) is 41.5 Å². The maximum atomic E-state index is 4.61. The summed E-state index contributed by atoms with van der Waals surface area (Å²) in [5.41, 5.74) is 2.29. The number of aryl methyl sites for hydroxylation is 2. The van der Waals surface area contributed by atoms with Gasteiger partial charge in [0.25, 0.3) is 0 Å². The van der Waals surface area contributed by atoms with Crippen molar-refractivity contribution >= 4 is 24.0 Å². The predicted molar refractivity (Wildman–Crippen MR) is 91.1 cm³/mol. The molecule has 0 radical (unpaired) electrons. The third-order valence-electron chi connectivity index (χ3n) is 3.74. The lowest BCUT2D eigenvalue weighted by atomic mass is 9.96. The van der Waals surface area contributed by atoms with E-state index in [1.54, 1.807) is 6.20 Å². The van der Waals surface area contributed by atoms with Gasteiger partial charge in [0.2, 0.25) is 0 Å². The third kappa shape index (κ3) is 4.15. The van der Waals surface area contributed by atoms with Crippen LogP contribution in [0.4, 0.5) is 11.6 Å². The van der Waals surface area contributed by atoms with Crippen LogP contribution in [0.2, 0.25) is 0 Å². The average molecular weight is 320 g/mol. The molecule has 6 heteroatoms. The Labute approximate surface area is 137 Å². The van der Waals surface area contributed by atoms with Crippen LogP contribution in [0.1, 0.15) is 35.8 Å². The molecule has 0 saturated carbocycles. The van der Waals surface area contributed by atoms with Crippen molar-refractivity contribution in [1.82, 2.24) is 20.3 Å². The number of rotatable bonds is 3. The van der Waals surface area contributed by atoms with Crippen LogP contribution in [-0.4, -0.2) is 28.0 Å². The molecule has 1 unspecified atom stereocenters. The molecule has 22 heavy (non-hydrogen) atoms. The molecule has 3 heterocycles. The summed E-state index contributed by atoms with van der Waals surface area (Å²) in [6, 6.07) is 6.05. The lowest BCUT2D eigenvalue weighted by Gasteiger charge is -2.22. The van der Waals surface area contributed by atoms with E-state index in [0.717, 1.165) is 36.2 Å². The molecule has 1 saturated heterocycles. The quantitative estimate of drug-likeness (QED) is 0.910. The van der Waals surface area contributed by atoms with Gasteiger partial charge in [0, 0.05) is 24.7 Å². The second kappa shape index (κ2) is 7.51. The zero-order chi connectivity index (χ0) is 14.7. The Hall–Kier alpha value is -1.72. The van der Waals surface area contributed by atoms with Crippen molar-refractivity contribution in [3.8, 4) is 0 Å². The first kappa shape index (κ1) is 16.6. The second-order valence-electron chi connectivity index (χ2n) is 5.61. The predicted octanol–water partition coefficient (Wildman–Crippen LogP) is 3.12. The van der Waals surface area contributed by atoms with Crippen molar-refractivity contribution in [2.75, 3.05) is 18.4 Å². The van der Waals surface area contributed by atoms with Crippen LogP contribution in [0.3, 0.4) is 0 Å². The molecule has 0 bridgehead atoms. The first-order valence-electron chi connectivity index (χ1n) is 7.47. The summed E-state index contributed by atoms with van der Waals surface area (Å²) in [5, 5.41) is 6.72. The zero-order valence-electron chi connectivity index (χ0n) is 13.0.